The van der Waals surface area contributed by atoms with Gasteiger partial charge in [0.2, 0.25) is 0 Å². The molecule has 2 aromatic carbocycles. The van der Waals surface area contributed by atoms with Crippen LogP contribution in [0.5, 0.6) is 11.5 Å². The molecular formula is C18H20FNO. The van der Waals surface area contributed by atoms with Crippen molar-refractivity contribution in [2.45, 2.75) is 32.1 Å². The molecule has 0 amide bonds. The fourth-order valence-corrected chi connectivity index (χ4v) is 2.91. The third kappa shape index (κ3) is 3.08. The summed E-state index contributed by atoms with van der Waals surface area (Å²) >= 11 is 0. The molecule has 0 unspecified atom stereocenters. The summed E-state index contributed by atoms with van der Waals surface area (Å²) in [5.74, 6) is 0.677. The molecule has 2 aromatic rings. The van der Waals surface area contributed by atoms with Crippen LogP contribution in [0.1, 0.15) is 29.5 Å². The van der Waals surface area contributed by atoms with Gasteiger partial charge < -0.3 is 10.5 Å². The van der Waals surface area contributed by atoms with Crippen LogP contribution in [0, 0.1) is 5.82 Å². The van der Waals surface area contributed by atoms with Crippen molar-refractivity contribution in [2.75, 3.05) is 6.54 Å². The maximum atomic E-state index is 14.0. The first-order chi connectivity index (χ1) is 10.3. The summed E-state index contributed by atoms with van der Waals surface area (Å²) in [4.78, 5) is 0. The summed E-state index contributed by atoms with van der Waals surface area (Å²) in [6.07, 6.45) is 5.29. The molecule has 0 saturated heterocycles. The number of halogens is 1. The van der Waals surface area contributed by atoms with Crippen LogP contribution in [-0.2, 0) is 19.3 Å². The Kier molecular flexibility index (Phi) is 4.20. The smallest absolute Gasteiger partial charge is 0.166 e. The number of nitrogens with two attached hydrogens (primary N) is 1. The minimum Gasteiger partial charge on any atom is -0.454 e. The lowest BCUT2D eigenvalue weighted by Gasteiger charge is -2.17. The Labute approximate surface area is 124 Å². The second-order valence-corrected chi connectivity index (χ2v) is 5.51. The van der Waals surface area contributed by atoms with Gasteiger partial charge >= 0.3 is 0 Å². The SMILES string of the molecule is NCCc1cccc(F)c1Oc1ccc2c(c1)CCCC2. The zero-order chi connectivity index (χ0) is 14.7. The Morgan fingerprint density at radius 2 is 1.86 bits per heavy atom. The van der Waals surface area contributed by atoms with Gasteiger partial charge in [-0.05, 0) is 73.5 Å². The van der Waals surface area contributed by atoms with E-state index < -0.39 is 0 Å². The highest BCUT2D eigenvalue weighted by Crippen LogP contribution is 2.31. The lowest BCUT2D eigenvalue weighted by atomic mass is 9.92. The molecule has 1 aliphatic rings. The van der Waals surface area contributed by atoms with Crippen LogP contribution in [-0.4, -0.2) is 6.54 Å². The van der Waals surface area contributed by atoms with Crippen LogP contribution in [0.25, 0.3) is 0 Å². The van der Waals surface area contributed by atoms with Gasteiger partial charge in [-0.2, -0.15) is 0 Å². The van der Waals surface area contributed by atoms with E-state index >= 15 is 0 Å². The third-order valence-corrected chi connectivity index (χ3v) is 4.00. The molecule has 0 atom stereocenters. The summed E-state index contributed by atoms with van der Waals surface area (Å²) in [6.45, 7) is 0.476. The number of hydrogen-bond acceptors (Lipinski definition) is 2. The lowest BCUT2D eigenvalue weighted by molar-refractivity contribution is 0.435. The number of benzene rings is 2. The van der Waals surface area contributed by atoms with Gasteiger partial charge in [0.05, 0.1) is 0 Å². The highest BCUT2D eigenvalue weighted by molar-refractivity contribution is 5.42. The topological polar surface area (TPSA) is 35.2 Å². The predicted octanol–water partition coefficient (Wildman–Crippen LogP) is 4.00. The van der Waals surface area contributed by atoms with Crippen LogP contribution in [0.3, 0.4) is 0 Å². The molecule has 21 heavy (non-hydrogen) atoms. The second kappa shape index (κ2) is 6.27. The van der Waals surface area contributed by atoms with Crippen molar-refractivity contribution in [3.63, 3.8) is 0 Å². The first-order valence-electron chi connectivity index (χ1n) is 7.55. The first-order valence-corrected chi connectivity index (χ1v) is 7.55. The van der Waals surface area contributed by atoms with Crippen LogP contribution >= 0.6 is 0 Å². The summed E-state index contributed by atoms with van der Waals surface area (Å²) in [5, 5.41) is 0. The molecule has 0 aromatic heterocycles. The van der Waals surface area contributed by atoms with Crippen molar-refractivity contribution in [1.82, 2.24) is 0 Å². The van der Waals surface area contributed by atoms with Crippen molar-refractivity contribution in [3.8, 4) is 11.5 Å². The van der Waals surface area contributed by atoms with Crippen molar-refractivity contribution < 1.29 is 9.13 Å². The molecule has 0 fully saturated rings. The van der Waals surface area contributed by atoms with Crippen molar-refractivity contribution >= 4 is 0 Å². The molecule has 0 bridgehead atoms. The molecule has 3 rings (SSSR count). The number of rotatable bonds is 4. The Balaban J connectivity index is 1.90. The second-order valence-electron chi connectivity index (χ2n) is 5.51. The van der Waals surface area contributed by atoms with Gasteiger partial charge in [0.25, 0.3) is 0 Å². The number of ether oxygens (including phenoxy) is 1. The molecular weight excluding hydrogens is 265 g/mol. The molecule has 2 nitrogen and oxygen atoms in total. The quantitative estimate of drug-likeness (QED) is 0.921. The van der Waals surface area contributed by atoms with E-state index in [1.54, 1.807) is 6.07 Å². The predicted molar refractivity (Wildman–Crippen MR) is 82.3 cm³/mol. The average molecular weight is 285 g/mol. The van der Waals surface area contributed by atoms with Gasteiger partial charge in [-0.15, -0.1) is 0 Å². The Hall–Kier alpha value is -1.87. The minimum atomic E-state index is -0.335. The number of fused-ring (bicyclic) bond motifs is 1. The molecule has 0 saturated carbocycles. The van der Waals surface area contributed by atoms with Crippen molar-refractivity contribution in [2.24, 2.45) is 5.73 Å². The average Bonchev–Trinajstić information content (AvgIpc) is 2.51. The fraction of sp³-hybridized carbons (Fsp3) is 0.333. The maximum absolute atomic E-state index is 14.0. The van der Waals surface area contributed by atoms with Crippen LogP contribution in [0.4, 0.5) is 4.39 Å². The number of aryl methyl sites for hydroxylation is 2. The van der Waals surface area contributed by atoms with Crippen LogP contribution in [0.2, 0.25) is 0 Å². The highest BCUT2D eigenvalue weighted by atomic mass is 19.1. The molecule has 0 heterocycles. The zero-order valence-electron chi connectivity index (χ0n) is 12.1. The van der Waals surface area contributed by atoms with Crippen LogP contribution in [0.15, 0.2) is 36.4 Å². The molecule has 1 aliphatic carbocycles. The van der Waals surface area contributed by atoms with Crippen LogP contribution < -0.4 is 10.5 Å². The van der Waals surface area contributed by atoms with E-state index in [1.165, 1.54) is 30.0 Å². The van der Waals surface area contributed by atoms with Crippen molar-refractivity contribution in [3.05, 3.63) is 58.9 Å². The number of hydrogen-bond donors (Lipinski definition) is 1. The first kappa shape index (κ1) is 14.1. The van der Waals surface area contributed by atoms with E-state index in [9.17, 15) is 4.39 Å². The number of para-hydroxylation sites is 1. The standard InChI is InChI=1S/C18H20FNO/c19-17-7-3-6-14(10-11-20)18(17)21-16-9-8-13-4-1-2-5-15(13)12-16/h3,6-9,12H,1-2,4-5,10-11,20H2. The molecule has 0 aliphatic heterocycles. The Morgan fingerprint density at radius 1 is 1.05 bits per heavy atom. The highest BCUT2D eigenvalue weighted by Gasteiger charge is 2.13. The van der Waals surface area contributed by atoms with E-state index in [4.69, 9.17) is 10.5 Å². The largest absolute Gasteiger partial charge is 0.454 e. The lowest BCUT2D eigenvalue weighted by Crippen LogP contribution is -2.06. The zero-order valence-corrected chi connectivity index (χ0v) is 12.1. The van der Waals surface area contributed by atoms with E-state index in [2.05, 4.69) is 6.07 Å². The van der Waals surface area contributed by atoms with Crippen molar-refractivity contribution in [1.29, 1.82) is 0 Å². The molecule has 110 valence electrons. The Bertz CT molecular complexity index is 639. The molecule has 0 spiro atoms. The van der Waals surface area contributed by atoms with E-state index in [1.807, 2.05) is 18.2 Å². The molecule has 0 radical (unpaired) electrons. The Morgan fingerprint density at radius 3 is 2.67 bits per heavy atom. The van der Waals surface area contributed by atoms with E-state index in [0.29, 0.717) is 24.5 Å². The fourth-order valence-electron chi connectivity index (χ4n) is 2.91. The normalized spacial score (nSPS) is 13.8. The molecule has 2 N–H and O–H groups in total. The summed E-state index contributed by atoms with van der Waals surface area (Å²) in [5.41, 5.74) is 9.12. The van der Waals surface area contributed by atoms with Gasteiger partial charge in [-0.25, -0.2) is 4.39 Å². The summed E-state index contributed by atoms with van der Waals surface area (Å²) in [7, 11) is 0. The monoisotopic (exact) mass is 285 g/mol. The van der Waals surface area contributed by atoms with E-state index in [-0.39, 0.29) is 5.82 Å². The maximum Gasteiger partial charge on any atom is 0.166 e. The summed E-state index contributed by atoms with van der Waals surface area (Å²) < 4.78 is 19.9. The van der Waals surface area contributed by atoms with Gasteiger partial charge in [0.1, 0.15) is 5.75 Å². The van der Waals surface area contributed by atoms with Gasteiger partial charge in [0, 0.05) is 0 Å². The van der Waals surface area contributed by atoms with E-state index in [0.717, 1.165) is 18.4 Å². The molecule has 3 heteroatoms. The van der Waals surface area contributed by atoms with Gasteiger partial charge in [-0.1, -0.05) is 18.2 Å². The van der Waals surface area contributed by atoms with Gasteiger partial charge in [-0.3, -0.25) is 0 Å². The van der Waals surface area contributed by atoms with Gasteiger partial charge in [0.15, 0.2) is 11.6 Å². The summed E-state index contributed by atoms with van der Waals surface area (Å²) in [6, 6.07) is 11.1. The third-order valence-electron chi connectivity index (χ3n) is 4.00. The minimum absolute atomic E-state index is 0.304.